The number of fused-ring (bicyclic) bond motifs is 2. The first kappa shape index (κ1) is 16.6. The van der Waals surface area contributed by atoms with Gasteiger partial charge < -0.3 is 9.88 Å². The molecule has 114 valence electrons. The summed E-state index contributed by atoms with van der Waals surface area (Å²) in [4.78, 5) is 9.82. The average Bonchev–Trinajstić information content (AvgIpc) is 3.09. The maximum Gasteiger partial charge on any atom is 0.157 e. The second kappa shape index (κ2) is 6.54. The highest BCUT2D eigenvalue weighted by molar-refractivity contribution is 8.93. The molecule has 2 saturated heterocycles. The van der Waals surface area contributed by atoms with E-state index in [1.165, 1.54) is 32.4 Å². The van der Waals surface area contributed by atoms with E-state index in [-0.39, 0.29) is 39.4 Å². The van der Waals surface area contributed by atoms with Gasteiger partial charge in [-0.3, -0.25) is 0 Å². The second-order valence-electron chi connectivity index (χ2n) is 5.65. The zero-order valence-corrected chi connectivity index (χ0v) is 15.1. The van der Waals surface area contributed by atoms with E-state index < -0.39 is 0 Å². The minimum Gasteiger partial charge on any atom is -0.343 e. The lowest BCUT2D eigenvalue weighted by molar-refractivity contribution is 0.239. The molecule has 0 aliphatic carbocycles. The van der Waals surface area contributed by atoms with Crippen LogP contribution in [0.4, 0.5) is 0 Å². The van der Waals surface area contributed by atoms with Crippen LogP contribution in [0.2, 0.25) is 0 Å². The van der Waals surface area contributed by atoms with Gasteiger partial charge in [0.05, 0.1) is 5.69 Å². The van der Waals surface area contributed by atoms with Gasteiger partial charge in [0.2, 0.25) is 0 Å². The third kappa shape index (κ3) is 2.91. The molecule has 21 heavy (non-hydrogen) atoms. The molecule has 5 nitrogen and oxygen atoms in total. The van der Waals surface area contributed by atoms with Gasteiger partial charge in [-0.2, -0.15) is 5.10 Å². The third-order valence-electron chi connectivity index (χ3n) is 4.51. The van der Waals surface area contributed by atoms with Crippen LogP contribution in [0.3, 0.4) is 0 Å². The number of rotatable bonds is 2. The predicted octanol–water partition coefficient (Wildman–Crippen LogP) is 2.76. The van der Waals surface area contributed by atoms with Gasteiger partial charge in [0, 0.05) is 24.4 Å². The molecule has 1 N–H and O–H groups in total. The van der Waals surface area contributed by atoms with Crippen LogP contribution in [-0.4, -0.2) is 44.7 Å². The van der Waals surface area contributed by atoms with Crippen LogP contribution in [-0.2, 0) is 5.41 Å². The van der Waals surface area contributed by atoms with Gasteiger partial charge in [-0.1, -0.05) is 0 Å². The fraction of sp³-hybridized carbons (Fsp3) is 0.500. The monoisotopic (exact) mass is 415 g/mol. The van der Waals surface area contributed by atoms with Gasteiger partial charge >= 0.3 is 0 Å². The van der Waals surface area contributed by atoms with E-state index in [9.17, 15) is 0 Å². The lowest BCUT2D eigenvalue weighted by atomic mass is 9.78. The van der Waals surface area contributed by atoms with E-state index in [0.717, 1.165) is 23.8 Å². The van der Waals surface area contributed by atoms with Crippen LogP contribution >= 0.6 is 34.0 Å². The molecule has 2 aromatic rings. The molecule has 0 radical (unpaired) electrons. The molecule has 7 heteroatoms. The first-order valence-corrected chi connectivity index (χ1v) is 6.92. The van der Waals surface area contributed by atoms with Gasteiger partial charge in [-0.05, 0) is 44.5 Å². The molecule has 2 atom stereocenters. The Balaban J connectivity index is 0.000000807. The Hall–Kier alpha value is -0.790. The highest BCUT2D eigenvalue weighted by Gasteiger charge is 2.43. The van der Waals surface area contributed by atoms with Crippen molar-refractivity contribution in [2.24, 2.45) is 0 Å². The lowest BCUT2D eigenvalue weighted by Gasteiger charge is -2.33. The summed E-state index contributed by atoms with van der Waals surface area (Å²) < 4.78 is 0. The normalized spacial score (nSPS) is 26.8. The van der Waals surface area contributed by atoms with Crippen molar-refractivity contribution in [3.8, 4) is 11.5 Å². The number of aromatic amines is 1. The highest BCUT2D eigenvalue weighted by Crippen LogP contribution is 2.41. The topological polar surface area (TPSA) is 57.7 Å². The van der Waals surface area contributed by atoms with E-state index in [4.69, 9.17) is 0 Å². The molecule has 2 bridgehead atoms. The first-order chi connectivity index (χ1) is 9.36. The minimum absolute atomic E-state index is 0. The summed E-state index contributed by atoms with van der Waals surface area (Å²) in [7, 11) is 0. The van der Waals surface area contributed by atoms with Gasteiger partial charge in [0.15, 0.2) is 5.82 Å². The standard InChI is InChI=1S/C14H17N5.2BrH/c1-4-14(5-9-19(8-1)10-14)12-3-2-11(17-18-12)13-15-6-7-16-13;;/h2-3,6-7H,1,4-5,8-10H2,(H,15,16);2*1H/t14-;;/m0../s1. The fourth-order valence-corrected chi connectivity index (χ4v) is 3.48. The molecule has 1 unspecified atom stereocenters. The second-order valence-corrected chi connectivity index (χ2v) is 5.65. The molecule has 2 fully saturated rings. The number of hydrogen-bond donors (Lipinski definition) is 1. The number of hydrogen-bond acceptors (Lipinski definition) is 4. The van der Waals surface area contributed by atoms with Crippen molar-refractivity contribution >= 4 is 34.0 Å². The van der Waals surface area contributed by atoms with Gasteiger partial charge in [0.1, 0.15) is 5.69 Å². The Labute approximate surface area is 145 Å². The molecule has 4 rings (SSSR count). The van der Waals surface area contributed by atoms with Crippen LogP contribution in [0.25, 0.3) is 11.5 Å². The van der Waals surface area contributed by atoms with E-state index >= 15 is 0 Å². The summed E-state index contributed by atoms with van der Waals surface area (Å²) in [6.07, 6.45) is 7.29. The van der Waals surface area contributed by atoms with Gasteiger partial charge in [0.25, 0.3) is 0 Å². The number of nitrogens with zero attached hydrogens (tertiary/aromatic N) is 4. The molecule has 0 spiro atoms. The van der Waals surface area contributed by atoms with Crippen LogP contribution in [0.1, 0.15) is 25.0 Å². The van der Waals surface area contributed by atoms with Crippen molar-refractivity contribution in [1.29, 1.82) is 0 Å². The summed E-state index contributed by atoms with van der Waals surface area (Å²) in [5, 5.41) is 8.84. The maximum atomic E-state index is 4.49. The highest BCUT2D eigenvalue weighted by atomic mass is 79.9. The Bertz CT molecular complexity index is 568. The smallest absolute Gasteiger partial charge is 0.157 e. The number of H-pyrrole nitrogens is 1. The van der Waals surface area contributed by atoms with E-state index in [0.29, 0.717) is 0 Å². The van der Waals surface area contributed by atoms with E-state index in [1.807, 2.05) is 6.07 Å². The number of nitrogens with one attached hydrogen (secondary N) is 1. The number of imidazole rings is 1. The Morgan fingerprint density at radius 3 is 2.71 bits per heavy atom. The van der Waals surface area contributed by atoms with E-state index in [2.05, 4.69) is 31.1 Å². The number of halogens is 2. The van der Waals surface area contributed by atoms with Crippen molar-refractivity contribution in [3.05, 3.63) is 30.2 Å². The quantitative estimate of drug-likeness (QED) is 0.817. The Morgan fingerprint density at radius 2 is 2.00 bits per heavy atom. The largest absolute Gasteiger partial charge is 0.343 e. The summed E-state index contributed by atoms with van der Waals surface area (Å²) >= 11 is 0. The minimum atomic E-state index is 0. The van der Waals surface area contributed by atoms with Crippen molar-refractivity contribution in [3.63, 3.8) is 0 Å². The predicted molar refractivity (Wildman–Crippen MR) is 92.2 cm³/mol. The molecular weight excluding hydrogens is 398 g/mol. The average molecular weight is 417 g/mol. The number of piperidine rings is 1. The molecule has 0 amide bonds. The molecule has 4 heterocycles. The van der Waals surface area contributed by atoms with Crippen molar-refractivity contribution in [1.82, 2.24) is 25.1 Å². The molecular formula is C14H19Br2N5. The summed E-state index contributed by atoms with van der Waals surface area (Å²) in [5.74, 6) is 0.785. The maximum absolute atomic E-state index is 4.49. The van der Waals surface area contributed by atoms with Crippen LogP contribution in [0.5, 0.6) is 0 Å². The molecule has 2 aromatic heterocycles. The number of aromatic nitrogens is 4. The Kier molecular flexibility index (Phi) is 5.16. The summed E-state index contributed by atoms with van der Waals surface area (Å²) in [6, 6.07) is 4.17. The molecule has 2 aliphatic rings. The zero-order chi connectivity index (χ0) is 12.7. The molecule has 0 aromatic carbocycles. The zero-order valence-electron chi connectivity index (χ0n) is 11.7. The molecule has 2 aliphatic heterocycles. The van der Waals surface area contributed by atoms with Crippen molar-refractivity contribution in [2.45, 2.75) is 24.7 Å². The van der Waals surface area contributed by atoms with Crippen LogP contribution in [0, 0.1) is 0 Å². The van der Waals surface area contributed by atoms with Crippen molar-refractivity contribution in [2.75, 3.05) is 19.6 Å². The SMILES string of the molecule is Br.Br.c1c[nH]c(-c2ccc([C@@]34CCCN(CC3)C4)nn2)n1. The third-order valence-corrected chi connectivity index (χ3v) is 4.51. The summed E-state index contributed by atoms with van der Waals surface area (Å²) in [5.41, 5.74) is 2.23. The lowest BCUT2D eigenvalue weighted by Crippen LogP contribution is -2.37. The van der Waals surface area contributed by atoms with Crippen LogP contribution < -0.4 is 0 Å². The molecule has 0 saturated carbocycles. The van der Waals surface area contributed by atoms with Crippen molar-refractivity contribution < 1.29 is 0 Å². The van der Waals surface area contributed by atoms with E-state index in [1.54, 1.807) is 12.4 Å². The Morgan fingerprint density at radius 1 is 1.10 bits per heavy atom. The summed E-state index contributed by atoms with van der Waals surface area (Å²) in [6.45, 7) is 3.61. The van der Waals surface area contributed by atoms with Crippen LogP contribution in [0.15, 0.2) is 24.5 Å². The first-order valence-electron chi connectivity index (χ1n) is 6.92. The fourth-order valence-electron chi connectivity index (χ4n) is 3.48. The van der Waals surface area contributed by atoms with Gasteiger partial charge in [-0.15, -0.1) is 39.1 Å². The van der Waals surface area contributed by atoms with Gasteiger partial charge in [-0.25, -0.2) is 4.98 Å².